The SMILES string of the molecule is COC(=O)c1cc(N=C=O)on1. The molecule has 0 spiro atoms. The fourth-order valence-corrected chi connectivity index (χ4v) is 0.564. The lowest BCUT2D eigenvalue weighted by molar-refractivity contribution is 0.0589. The number of rotatable bonds is 2. The van der Waals surface area contributed by atoms with Crippen molar-refractivity contribution in [1.29, 1.82) is 0 Å². The summed E-state index contributed by atoms with van der Waals surface area (Å²) in [6, 6.07) is 1.18. The van der Waals surface area contributed by atoms with Gasteiger partial charge in [0.15, 0.2) is 5.69 Å². The zero-order chi connectivity index (χ0) is 8.97. The Morgan fingerprint density at radius 1 is 1.83 bits per heavy atom. The highest BCUT2D eigenvalue weighted by molar-refractivity contribution is 5.87. The maximum atomic E-state index is 10.7. The number of methoxy groups -OCH3 is 1. The number of nitrogens with zero attached hydrogens (tertiary/aromatic N) is 2. The number of hydrogen-bond donors (Lipinski definition) is 0. The van der Waals surface area contributed by atoms with Gasteiger partial charge in [-0.1, -0.05) is 5.16 Å². The number of carbonyl (C=O) groups excluding carboxylic acids is 2. The number of aromatic nitrogens is 1. The van der Waals surface area contributed by atoms with Crippen LogP contribution in [-0.4, -0.2) is 24.3 Å². The average Bonchev–Trinajstić information content (AvgIpc) is 2.52. The highest BCUT2D eigenvalue weighted by Gasteiger charge is 2.11. The molecule has 0 unspecified atom stereocenters. The third-order valence-electron chi connectivity index (χ3n) is 1.05. The lowest BCUT2D eigenvalue weighted by Crippen LogP contribution is -2.00. The Labute approximate surface area is 66.8 Å². The van der Waals surface area contributed by atoms with E-state index in [0.29, 0.717) is 0 Å². The van der Waals surface area contributed by atoms with Crippen LogP contribution in [0.4, 0.5) is 5.88 Å². The first kappa shape index (κ1) is 8.16. The Bertz CT molecular complexity index is 337. The minimum absolute atomic E-state index is 0.0356. The van der Waals surface area contributed by atoms with Crippen LogP contribution < -0.4 is 0 Å². The highest BCUT2D eigenvalue weighted by Crippen LogP contribution is 2.12. The summed E-state index contributed by atoms with van der Waals surface area (Å²) >= 11 is 0. The number of carbonyl (C=O) groups is 1. The van der Waals surface area contributed by atoms with Gasteiger partial charge in [0, 0.05) is 6.07 Å². The van der Waals surface area contributed by atoms with E-state index in [9.17, 15) is 9.59 Å². The van der Waals surface area contributed by atoms with Gasteiger partial charge in [-0.05, 0) is 0 Å². The van der Waals surface area contributed by atoms with Crippen molar-refractivity contribution in [3.8, 4) is 0 Å². The van der Waals surface area contributed by atoms with Gasteiger partial charge in [-0.2, -0.15) is 0 Å². The van der Waals surface area contributed by atoms with E-state index < -0.39 is 5.97 Å². The molecule has 1 aromatic rings. The van der Waals surface area contributed by atoms with Crippen LogP contribution in [0.2, 0.25) is 0 Å². The second-order valence-corrected chi connectivity index (χ2v) is 1.75. The zero-order valence-corrected chi connectivity index (χ0v) is 6.10. The van der Waals surface area contributed by atoms with Gasteiger partial charge in [0.05, 0.1) is 7.11 Å². The Morgan fingerprint density at radius 3 is 3.17 bits per heavy atom. The topological polar surface area (TPSA) is 81.8 Å². The average molecular weight is 168 g/mol. The van der Waals surface area contributed by atoms with Crippen LogP contribution in [0.25, 0.3) is 0 Å². The molecular formula is C6H4N2O4. The van der Waals surface area contributed by atoms with Gasteiger partial charge in [0.2, 0.25) is 6.08 Å². The fourth-order valence-electron chi connectivity index (χ4n) is 0.564. The van der Waals surface area contributed by atoms with Crippen molar-refractivity contribution in [3.63, 3.8) is 0 Å². The summed E-state index contributed by atoms with van der Waals surface area (Å²) in [7, 11) is 1.21. The van der Waals surface area contributed by atoms with Gasteiger partial charge in [0.25, 0.3) is 5.88 Å². The summed E-state index contributed by atoms with van der Waals surface area (Å²) in [6.07, 6.45) is 1.24. The van der Waals surface area contributed by atoms with Gasteiger partial charge in [0.1, 0.15) is 0 Å². The Hall–Kier alpha value is -1.94. The van der Waals surface area contributed by atoms with Gasteiger partial charge < -0.3 is 9.26 Å². The van der Waals surface area contributed by atoms with Crippen LogP contribution in [0.1, 0.15) is 10.5 Å². The summed E-state index contributed by atoms with van der Waals surface area (Å²) < 4.78 is 8.77. The van der Waals surface area contributed by atoms with Crippen LogP contribution in [0.5, 0.6) is 0 Å². The van der Waals surface area contributed by atoms with E-state index in [1.54, 1.807) is 0 Å². The summed E-state index contributed by atoms with van der Waals surface area (Å²) in [4.78, 5) is 23.6. The second kappa shape index (κ2) is 3.45. The lowest BCUT2D eigenvalue weighted by Gasteiger charge is -1.87. The van der Waals surface area contributed by atoms with Gasteiger partial charge in [-0.15, -0.1) is 4.99 Å². The van der Waals surface area contributed by atoms with E-state index in [1.165, 1.54) is 19.3 Å². The van der Waals surface area contributed by atoms with Crippen molar-refractivity contribution in [1.82, 2.24) is 5.16 Å². The highest BCUT2D eigenvalue weighted by atomic mass is 16.5. The lowest BCUT2D eigenvalue weighted by atomic mass is 10.4. The van der Waals surface area contributed by atoms with Crippen LogP contribution in [-0.2, 0) is 9.53 Å². The first-order chi connectivity index (χ1) is 5.77. The molecule has 62 valence electrons. The summed E-state index contributed by atoms with van der Waals surface area (Å²) in [5.41, 5.74) is -0.0356. The smallest absolute Gasteiger partial charge is 0.360 e. The molecule has 6 nitrogen and oxygen atoms in total. The van der Waals surface area contributed by atoms with Crippen molar-refractivity contribution in [2.24, 2.45) is 4.99 Å². The molecule has 0 bridgehead atoms. The quantitative estimate of drug-likeness (QED) is 0.363. The molecule has 0 fully saturated rings. The van der Waals surface area contributed by atoms with Crippen molar-refractivity contribution in [2.75, 3.05) is 7.11 Å². The maximum absolute atomic E-state index is 10.7. The Balaban J connectivity index is 2.91. The second-order valence-electron chi connectivity index (χ2n) is 1.75. The number of esters is 1. The molecule has 0 aromatic carbocycles. The molecule has 0 aliphatic carbocycles. The maximum Gasteiger partial charge on any atom is 0.360 e. The number of isocyanates is 1. The van der Waals surface area contributed by atoms with Crippen molar-refractivity contribution in [3.05, 3.63) is 11.8 Å². The van der Waals surface area contributed by atoms with Gasteiger partial charge in [-0.25, -0.2) is 9.59 Å². The molecule has 0 amide bonds. The van der Waals surface area contributed by atoms with Crippen LogP contribution in [0.3, 0.4) is 0 Å². The first-order valence-electron chi connectivity index (χ1n) is 2.91. The largest absolute Gasteiger partial charge is 0.464 e. The minimum Gasteiger partial charge on any atom is -0.464 e. The number of aliphatic imine (C=N–C) groups is 1. The molecule has 1 heterocycles. The standard InChI is InChI=1S/C6H4N2O4/c1-11-6(10)4-2-5(7-3-9)12-8-4/h2H,1H3. The molecule has 0 aliphatic rings. The summed E-state index contributed by atoms with van der Waals surface area (Å²) in [6.45, 7) is 0. The van der Waals surface area contributed by atoms with Gasteiger partial charge >= 0.3 is 5.97 Å². The van der Waals surface area contributed by atoms with E-state index in [0.717, 1.165) is 0 Å². The molecule has 0 N–H and O–H groups in total. The number of ether oxygens (including phenoxy) is 1. The fraction of sp³-hybridized carbons (Fsp3) is 0.167. The molecule has 12 heavy (non-hydrogen) atoms. The summed E-state index contributed by atoms with van der Waals surface area (Å²) in [5.74, 6) is -0.725. The molecule has 0 saturated carbocycles. The third kappa shape index (κ3) is 1.56. The van der Waals surface area contributed by atoms with Crippen LogP contribution >= 0.6 is 0 Å². The number of hydrogen-bond acceptors (Lipinski definition) is 6. The molecule has 0 saturated heterocycles. The minimum atomic E-state index is -0.647. The monoisotopic (exact) mass is 168 g/mol. The van der Waals surface area contributed by atoms with E-state index in [4.69, 9.17) is 0 Å². The van der Waals surface area contributed by atoms with E-state index in [1.807, 2.05) is 0 Å². The van der Waals surface area contributed by atoms with Crippen molar-refractivity contribution < 1.29 is 18.8 Å². The molecule has 0 atom stereocenters. The normalized spacial score (nSPS) is 8.75. The molecule has 0 aliphatic heterocycles. The molecular weight excluding hydrogens is 164 g/mol. The Kier molecular flexibility index (Phi) is 2.35. The van der Waals surface area contributed by atoms with Crippen LogP contribution in [0.15, 0.2) is 15.6 Å². The summed E-state index contributed by atoms with van der Waals surface area (Å²) in [5, 5.41) is 3.28. The first-order valence-corrected chi connectivity index (χ1v) is 2.91. The third-order valence-corrected chi connectivity index (χ3v) is 1.05. The zero-order valence-electron chi connectivity index (χ0n) is 6.10. The predicted molar refractivity (Wildman–Crippen MR) is 35.6 cm³/mol. The predicted octanol–water partition coefficient (Wildman–Crippen LogP) is 0.428. The molecule has 1 rings (SSSR count). The van der Waals surface area contributed by atoms with E-state index in [-0.39, 0.29) is 11.6 Å². The molecule has 0 radical (unpaired) electrons. The van der Waals surface area contributed by atoms with E-state index in [2.05, 4.69) is 19.4 Å². The molecule has 1 aromatic heterocycles. The van der Waals surface area contributed by atoms with Crippen molar-refractivity contribution in [2.45, 2.75) is 0 Å². The van der Waals surface area contributed by atoms with Crippen LogP contribution in [0, 0.1) is 0 Å². The van der Waals surface area contributed by atoms with Crippen molar-refractivity contribution >= 4 is 17.9 Å². The Morgan fingerprint density at radius 2 is 2.58 bits per heavy atom. The van der Waals surface area contributed by atoms with E-state index >= 15 is 0 Å². The van der Waals surface area contributed by atoms with Gasteiger partial charge in [-0.3, -0.25) is 0 Å². The molecule has 6 heteroatoms.